The molecule has 0 aliphatic heterocycles. The number of rotatable bonds is 5. The molecule has 13 heavy (non-hydrogen) atoms. The van der Waals surface area contributed by atoms with Crippen LogP contribution in [0.25, 0.3) is 0 Å². The number of hydrogen-bond acceptors (Lipinski definition) is 0. The predicted octanol–water partition coefficient (Wildman–Crippen LogP) is 4.87. The van der Waals surface area contributed by atoms with Gasteiger partial charge in [-0.3, -0.25) is 0 Å². The first-order valence-corrected chi connectivity index (χ1v) is 5.59. The van der Waals surface area contributed by atoms with Crippen molar-refractivity contribution < 1.29 is 0 Å². The fourth-order valence-electron chi connectivity index (χ4n) is 1.74. The lowest BCUT2D eigenvalue weighted by atomic mass is 9.94. The van der Waals surface area contributed by atoms with E-state index in [1.54, 1.807) is 16.7 Å². The van der Waals surface area contributed by atoms with Gasteiger partial charge in [0.05, 0.1) is 0 Å². The molecule has 0 aromatic carbocycles. The molecule has 0 fully saturated rings. The zero-order valence-electron chi connectivity index (χ0n) is 9.91. The molecule has 0 N–H and O–H groups in total. The maximum absolute atomic E-state index is 2.37. The van der Waals surface area contributed by atoms with Gasteiger partial charge in [-0.1, -0.05) is 39.3 Å². The Balaban J connectivity index is 4.83. The molecule has 0 aliphatic rings. The van der Waals surface area contributed by atoms with E-state index in [1.165, 1.54) is 19.3 Å². The van der Waals surface area contributed by atoms with Crippen molar-refractivity contribution in [1.82, 2.24) is 0 Å². The van der Waals surface area contributed by atoms with Crippen LogP contribution in [0, 0.1) is 0 Å². The Morgan fingerprint density at radius 2 is 1.54 bits per heavy atom. The van der Waals surface area contributed by atoms with E-state index in [-0.39, 0.29) is 0 Å². The van der Waals surface area contributed by atoms with Gasteiger partial charge in [0.25, 0.3) is 0 Å². The Bertz CT molecular complexity index is 194. The molecule has 0 heterocycles. The highest BCUT2D eigenvalue weighted by Crippen LogP contribution is 2.23. The lowest BCUT2D eigenvalue weighted by molar-refractivity contribution is 0.946. The largest absolute Gasteiger partial charge is 0.0813 e. The van der Waals surface area contributed by atoms with Gasteiger partial charge in [0.2, 0.25) is 0 Å². The molecule has 0 nitrogen and oxygen atoms in total. The minimum absolute atomic E-state index is 1.16. The molecule has 0 saturated carbocycles. The summed E-state index contributed by atoms with van der Waals surface area (Å²) in [5.74, 6) is 0. The molecule has 0 aromatic rings. The molecular formula is C13H24. The van der Waals surface area contributed by atoms with Gasteiger partial charge < -0.3 is 0 Å². The lowest BCUT2D eigenvalue weighted by Gasteiger charge is -2.12. The molecule has 0 bridgehead atoms. The van der Waals surface area contributed by atoms with Crippen LogP contribution in [0.4, 0.5) is 0 Å². The van der Waals surface area contributed by atoms with Crippen LogP contribution in [-0.4, -0.2) is 0 Å². The van der Waals surface area contributed by atoms with E-state index in [9.17, 15) is 0 Å². The summed E-state index contributed by atoms with van der Waals surface area (Å²) in [5.41, 5.74) is 4.71. The van der Waals surface area contributed by atoms with Crippen molar-refractivity contribution in [3.8, 4) is 0 Å². The summed E-state index contributed by atoms with van der Waals surface area (Å²) < 4.78 is 0. The second-order valence-electron chi connectivity index (χ2n) is 3.46. The summed E-state index contributed by atoms with van der Waals surface area (Å²) >= 11 is 0. The Hall–Kier alpha value is -0.520. The van der Waals surface area contributed by atoms with Gasteiger partial charge in [-0.25, -0.2) is 0 Å². The molecule has 0 unspecified atom stereocenters. The van der Waals surface area contributed by atoms with Crippen LogP contribution in [0.3, 0.4) is 0 Å². The van der Waals surface area contributed by atoms with Gasteiger partial charge in [-0.2, -0.15) is 0 Å². The Morgan fingerprint density at radius 1 is 0.923 bits per heavy atom. The summed E-state index contributed by atoms with van der Waals surface area (Å²) in [6.07, 6.45) is 7.07. The third kappa shape index (κ3) is 3.80. The molecule has 0 atom stereocenters. The van der Waals surface area contributed by atoms with Crippen molar-refractivity contribution in [2.24, 2.45) is 0 Å². The quantitative estimate of drug-likeness (QED) is 0.529. The molecule has 0 aliphatic carbocycles. The average molecular weight is 180 g/mol. The summed E-state index contributed by atoms with van der Waals surface area (Å²) in [6.45, 7) is 11.2. The smallest absolute Gasteiger partial charge is 0.0305 e. The minimum atomic E-state index is 1.16. The van der Waals surface area contributed by atoms with Gasteiger partial charge in [0.15, 0.2) is 0 Å². The fourth-order valence-corrected chi connectivity index (χ4v) is 1.74. The van der Waals surface area contributed by atoms with E-state index >= 15 is 0 Å². The van der Waals surface area contributed by atoms with E-state index in [0.29, 0.717) is 0 Å². The second kappa shape index (κ2) is 6.94. The van der Waals surface area contributed by atoms with Gasteiger partial charge in [0.1, 0.15) is 0 Å². The Labute approximate surface area is 83.7 Å². The van der Waals surface area contributed by atoms with Crippen molar-refractivity contribution >= 4 is 0 Å². The number of allylic oxidation sites excluding steroid dienone is 4. The SMILES string of the molecule is CCC=C(CC)/C(CC)=C(\C)CC. The Morgan fingerprint density at radius 3 is 1.85 bits per heavy atom. The van der Waals surface area contributed by atoms with Crippen LogP contribution >= 0.6 is 0 Å². The molecule has 0 aromatic heterocycles. The molecule has 0 spiro atoms. The molecule has 0 heteroatoms. The normalized spacial score (nSPS) is 14.4. The zero-order chi connectivity index (χ0) is 10.3. The predicted molar refractivity (Wildman–Crippen MR) is 61.9 cm³/mol. The topological polar surface area (TPSA) is 0 Å². The first-order chi connectivity index (χ1) is 6.21. The van der Waals surface area contributed by atoms with Gasteiger partial charge in [-0.05, 0) is 43.8 Å². The lowest BCUT2D eigenvalue weighted by Crippen LogP contribution is -1.92. The van der Waals surface area contributed by atoms with Crippen LogP contribution in [0.5, 0.6) is 0 Å². The van der Waals surface area contributed by atoms with Gasteiger partial charge in [0, 0.05) is 0 Å². The molecule has 76 valence electrons. The average Bonchev–Trinajstić information content (AvgIpc) is 2.17. The van der Waals surface area contributed by atoms with Crippen LogP contribution in [0.15, 0.2) is 22.8 Å². The third-order valence-electron chi connectivity index (χ3n) is 2.62. The summed E-state index contributed by atoms with van der Waals surface area (Å²) in [5, 5.41) is 0. The van der Waals surface area contributed by atoms with Gasteiger partial charge >= 0.3 is 0 Å². The van der Waals surface area contributed by atoms with Crippen LogP contribution < -0.4 is 0 Å². The van der Waals surface area contributed by atoms with E-state index in [1.807, 2.05) is 0 Å². The van der Waals surface area contributed by atoms with Crippen molar-refractivity contribution in [2.75, 3.05) is 0 Å². The van der Waals surface area contributed by atoms with E-state index < -0.39 is 0 Å². The Kier molecular flexibility index (Phi) is 6.66. The van der Waals surface area contributed by atoms with E-state index in [2.05, 4.69) is 40.7 Å². The maximum atomic E-state index is 2.37. The summed E-state index contributed by atoms with van der Waals surface area (Å²) in [7, 11) is 0. The first kappa shape index (κ1) is 12.5. The van der Waals surface area contributed by atoms with Gasteiger partial charge in [-0.15, -0.1) is 0 Å². The monoisotopic (exact) mass is 180 g/mol. The maximum Gasteiger partial charge on any atom is -0.0305 e. The molecule has 0 amide bonds. The second-order valence-corrected chi connectivity index (χ2v) is 3.46. The van der Waals surface area contributed by atoms with E-state index in [0.717, 1.165) is 6.42 Å². The zero-order valence-corrected chi connectivity index (χ0v) is 9.91. The molecule has 0 rings (SSSR count). The minimum Gasteiger partial charge on any atom is -0.0813 e. The van der Waals surface area contributed by atoms with Crippen molar-refractivity contribution in [2.45, 2.75) is 60.3 Å². The standard InChI is InChI=1S/C13H24/c1-6-10-12(8-3)13(9-4)11(5)7-2/h10H,6-9H2,1-5H3/b12-10?,13-11+. The highest BCUT2D eigenvalue weighted by atomic mass is 14.1. The van der Waals surface area contributed by atoms with E-state index in [4.69, 9.17) is 0 Å². The highest BCUT2D eigenvalue weighted by Gasteiger charge is 2.03. The van der Waals surface area contributed by atoms with Crippen LogP contribution in [0.2, 0.25) is 0 Å². The molecule has 0 saturated heterocycles. The van der Waals surface area contributed by atoms with Crippen molar-refractivity contribution in [3.05, 3.63) is 22.8 Å². The molecular weight excluding hydrogens is 156 g/mol. The summed E-state index contributed by atoms with van der Waals surface area (Å²) in [6, 6.07) is 0. The molecule has 0 radical (unpaired) electrons. The number of hydrogen-bond donors (Lipinski definition) is 0. The summed E-state index contributed by atoms with van der Waals surface area (Å²) in [4.78, 5) is 0. The fraction of sp³-hybridized carbons (Fsp3) is 0.692. The third-order valence-corrected chi connectivity index (χ3v) is 2.62. The van der Waals surface area contributed by atoms with Crippen molar-refractivity contribution in [1.29, 1.82) is 0 Å². The van der Waals surface area contributed by atoms with Crippen molar-refractivity contribution in [3.63, 3.8) is 0 Å². The first-order valence-electron chi connectivity index (χ1n) is 5.59. The van der Waals surface area contributed by atoms with Crippen LogP contribution in [-0.2, 0) is 0 Å². The highest BCUT2D eigenvalue weighted by molar-refractivity contribution is 5.34. The van der Waals surface area contributed by atoms with Crippen LogP contribution in [0.1, 0.15) is 60.3 Å².